The highest BCUT2D eigenvalue weighted by atomic mass is 35.5. The van der Waals surface area contributed by atoms with Gasteiger partial charge in [-0.15, -0.1) is 0 Å². The maximum absolute atomic E-state index is 12.1. The highest BCUT2D eigenvalue weighted by Gasteiger charge is 2.24. The van der Waals surface area contributed by atoms with Gasteiger partial charge in [0.15, 0.2) is 6.04 Å². The van der Waals surface area contributed by atoms with Gasteiger partial charge in [0.05, 0.1) is 6.20 Å². The zero-order valence-electron chi connectivity index (χ0n) is 10.7. The number of amides is 1. The molecule has 1 amide bonds. The summed E-state index contributed by atoms with van der Waals surface area (Å²) in [7, 11) is 1.65. The first-order chi connectivity index (χ1) is 9.86. The SMILES string of the molecule is Cn1cc(C(NC(=O)c2cc(Cl)nc(Cl)c2)C(=O)O)cn1. The molecular weight excluding hydrogens is 319 g/mol. The molecule has 9 heteroatoms. The van der Waals surface area contributed by atoms with E-state index in [1.54, 1.807) is 7.05 Å². The Labute approximate surface area is 129 Å². The third-order valence-corrected chi connectivity index (χ3v) is 2.99. The average Bonchev–Trinajstić information content (AvgIpc) is 2.80. The van der Waals surface area contributed by atoms with E-state index in [1.165, 1.54) is 29.2 Å². The van der Waals surface area contributed by atoms with Gasteiger partial charge in [0.25, 0.3) is 5.91 Å². The van der Waals surface area contributed by atoms with Crippen LogP contribution in [0.25, 0.3) is 0 Å². The van der Waals surface area contributed by atoms with Gasteiger partial charge in [-0.1, -0.05) is 23.2 Å². The molecule has 1 atom stereocenters. The summed E-state index contributed by atoms with van der Waals surface area (Å²) in [6.45, 7) is 0. The quantitative estimate of drug-likeness (QED) is 0.832. The first-order valence-electron chi connectivity index (χ1n) is 5.72. The molecule has 0 fully saturated rings. The molecule has 2 heterocycles. The number of carbonyl (C=O) groups excluding carboxylic acids is 1. The molecule has 0 aliphatic carbocycles. The first kappa shape index (κ1) is 15.3. The van der Waals surface area contributed by atoms with Gasteiger partial charge in [-0.25, -0.2) is 9.78 Å². The number of nitrogens with one attached hydrogen (secondary N) is 1. The van der Waals surface area contributed by atoms with Gasteiger partial charge in [0, 0.05) is 24.4 Å². The molecule has 0 saturated heterocycles. The number of hydrogen-bond donors (Lipinski definition) is 2. The molecular formula is C12H10Cl2N4O3. The summed E-state index contributed by atoms with van der Waals surface area (Å²) >= 11 is 11.4. The largest absolute Gasteiger partial charge is 0.479 e. The number of carbonyl (C=O) groups is 2. The fraction of sp³-hybridized carbons (Fsp3) is 0.167. The second-order valence-corrected chi connectivity index (χ2v) is 4.97. The summed E-state index contributed by atoms with van der Waals surface area (Å²) in [6.07, 6.45) is 2.87. The molecule has 2 aromatic rings. The van der Waals surface area contributed by atoms with Crippen LogP contribution in [0.1, 0.15) is 22.0 Å². The lowest BCUT2D eigenvalue weighted by molar-refractivity contribution is -0.139. The van der Waals surface area contributed by atoms with Crippen molar-refractivity contribution in [2.75, 3.05) is 0 Å². The Hall–Kier alpha value is -2.12. The predicted octanol–water partition coefficient (Wildman–Crippen LogP) is 1.68. The van der Waals surface area contributed by atoms with E-state index in [0.29, 0.717) is 5.56 Å². The van der Waals surface area contributed by atoms with Crippen LogP contribution < -0.4 is 5.32 Å². The summed E-state index contributed by atoms with van der Waals surface area (Å²) < 4.78 is 1.44. The van der Waals surface area contributed by atoms with Gasteiger partial charge < -0.3 is 10.4 Å². The first-order valence-corrected chi connectivity index (χ1v) is 6.47. The van der Waals surface area contributed by atoms with E-state index >= 15 is 0 Å². The Morgan fingerprint density at radius 1 is 1.33 bits per heavy atom. The number of carboxylic acid groups (broad SMARTS) is 1. The van der Waals surface area contributed by atoms with Crippen LogP contribution in [0.5, 0.6) is 0 Å². The number of halogens is 2. The van der Waals surface area contributed by atoms with Crippen LogP contribution in [0.15, 0.2) is 24.5 Å². The van der Waals surface area contributed by atoms with Gasteiger partial charge in [-0.2, -0.15) is 5.10 Å². The molecule has 0 aliphatic rings. The van der Waals surface area contributed by atoms with Crippen LogP contribution in [0.2, 0.25) is 10.3 Å². The Morgan fingerprint density at radius 3 is 2.43 bits per heavy atom. The lowest BCUT2D eigenvalue weighted by Gasteiger charge is -2.13. The lowest BCUT2D eigenvalue weighted by Crippen LogP contribution is -2.33. The van der Waals surface area contributed by atoms with Crippen molar-refractivity contribution in [2.24, 2.45) is 7.05 Å². The Kier molecular flexibility index (Phi) is 4.44. The Balaban J connectivity index is 2.24. The number of carboxylic acids is 1. The van der Waals surface area contributed by atoms with Gasteiger partial charge in [-0.05, 0) is 12.1 Å². The number of aliphatic carboxylic acids is 1. The number of hydrogen-bond acceptors (Lipinski definition) is 4. The van der Waals surface area contributed by atoms with Crippen LogP contribution in [0.4, 0.5) is 0 Å². The molecule has 0 aromatic carbocycles. The van der Waals surface area contributed by atoms with Crippen molar-refractivity contribution >= 4 is 35.1 Å². The van der Waals surface area contributed by atoms with Crippen molar-refractivity contribution in [1.82, 2.24) is 20.1 Å². The van der Waals surface area contributed by atoms with Crippen molar-refractivity contribution in [2.45, 2.75) is 6.04 Å². The van der Waals surface area contributed by atoms with Crippen LogP contribution in [-0.4, -0.2) is 31.7 Å². The monoisotopic (exact) mass is 328 g/mol. The molecule has 2 aromatic heterocycles. The number of aryl methyl sites for hydroxylation is 1. The van der Waals surface area contributed by atoms with Gasteiger partial charge in [-0.3, -0.25) is 9.48 Å². The van der Waals surface area contributed by atoms with E-state index < -0.39 is 17.9 Å². The molecule has 1 unspecified atom stereocenters. The number of pyridine rings is 1. The maximum atomic E-state index is 12.1. The minimum Gasteiger partial charge on any atom is -0.479 e. The van der Waals surface area contributed by atoms with E-state index in [4.69, 9.17) is 23.2 Å². The van der Waals surface area contributed by atoms with Crippen molar-refractivity contribution in [3.8, 4) is 0 Å². The normalized spacial score (nSPS) is 12.0. The van der Waals surface area contributed by atoms with Crippen LogP contribution in [-0.2, 0) is 11.8 Å². The maximum Gasteiger partial charge on any atom is 0.331 e. The minimum atomic E-state index is -1.23. The molecule has 2 N–H and O–H groups in total. The summed E-state index contributed by atoms with van der Waals surface area (Å²) in [4.78, 5) is 27.1. The third kappa shape index (κ3) is 3.71. The molecule has 0 aliphatic heterocycles. The summed E-state index contributed by atoms with van der Waals surface area (Å²) in [5, 5.41) is 15.6. The molecule has 2 rings (SSSR count). The topological polar surface area (TPSA) is 97.1 Å². The predicted molar refractivity (Wildman–Crippen MR) is 75.3 cm³/mol. The van der Waals surface area contributed by atoms with E-state index in [-0.39, 0.29) is 15.9 Å². The van der Waals surface area contributed by atoms with E-state index in [0.717, 1.165) is 0 Å². The second kappa shape index (κ2) is 6.11. The summed E-state index contributed by atoms with van der Waals surface area (Å²) in [5.41, 5.74) is 0.472. The smallest absolute Gasteiger partial charge is 0.331 e. The van der Waals surface area contributed by atoms with E-state index in [9.17, 15) is 14.7 Å². The Morgan fingerprint density at radius 2 is 1.95 bits per heavy atom. The van der Waals surface area contributed by atoms with Gasteiger partial charge >= 0.3 is 5.97 Å². The van der Waals surface area contributed by atoms with Crippen molar-refractivity contribution in [3.05, 3.63) is 46.0 Å². The molecule has 0 saturated carbocycles. The Bertz CT molecular complexity index is 681. The molecule has 7 nitrogen and oxygen atoms in total. The van der Waals surface area contributed by atoms with E-state index in [2.05, 4.69) is 15.4 Å². The lowest BCUT2D eigenvalue weighted by atomic mass is 10.1. The summed E-state index contributed by atoms with van der Waals surface area (Å²) in [5.74, 6) is -1.83. The van der Waals surface area contributed by atoms with Crippen molar-refractivity contribution in [3.63, 3.8) is 0 Å². The highest BCUT2D eigenvalue weighted by molar-refractivity contribution is 6.33. The van der Waals surface area contributed by atoms with Crippen LogP contribution >= 0.6 is 23.2 Å². The zero-order chi connectivity index (χ0) is 15.6. The molecule has 21 heavy (non-hydrogen) atoms. The average molecular weight is 329 g/mol. The standard InChI is InChI=1S/C12H10Cl2N4O3/c1-18-5-7(4-15-18)10(12(20)21)17-11(19)6-2-8(13)16-9(14)3-6/h2-5,10H,1H3,(H,17,19)(H,20,21). The fourth-order valence-electron chi connectivity index (χ4n) is 1.69. The van der Waals surface area contributed by atoms with Crippen LogP contribution in [0.3, 0.4) is 0 Å². The molecule has 0 bridgehead atoms. The third-order valence-electron chi connectivity index (χ3n) is 2.61. The van der Waals surface area contributed by atoms with Crippen molar-refractivity contribution in [1.29, 1.82) is 0 Å². The highest BCUT2D eigenvalue weighted by Crippen LogP contribution is 2.17. The minimum absolute atomic E-state index is 0.0425. The molecule has 0 spiro atoms. The number of nitrogens with zero attached hydrogens (tertiary/aromatic N) is 3. The number of rotatable bonds is 4. The second-order valence-electron chi connectivity index (χ2n) is 4.19. The summed E-state index contributed by atoms with van der Waals surface area (Å²) in [6, 6.07) is 1.37. The molecule has 110 valence electrons. The van der Waals surface area contributed by atoms with Crippen molar-refractivity contribution < 1.29 is 14.7 Å². The van der Waals surface area contributed by atoms with Gasteiger partial charge in [0.2, 0.25) is 0 Å². The van der Waals surface area contributed by atoms with Gasteiger partial charge in [0.1, 0.15) is 10.3 Å². The molecule has 0 radical (unpaired) electrons. The van der Waals surface area contributed by atoms with E-state index in [1.807, 2.05) is 0 Å². The van der Waals surface area contributed by atoms with Crippen LogP contribution in [0, 0.1) is 0 Å². The zero-order valence-corrected chi connectivity index (χ0v) is 12.3. The number of aromatic nitrogens is 3. The fourth-order valence-corrected chi connectivity index (χ4v) is 2.15.